The van der Waals surface area contributed by atoms with Crippen LogP contribution in [-0.4, -0.2) is 25.2 Å². The second-order valence-electron chi connectivity index (χ2n) is 6.21. The Balaban J connectivity index is 1.98. The van der Waals surface area contributed by atoms with Crippen molar-refractivity contribution in [2.45, 2.75) is 38.8 Å². The molecule has 2 atom stereocenters. The predicted octanol–water partition coefficient (Wildman–Crippen LogP) is 3.42. The molecule has 1 aromatic carbocycles. The molecule has 2 unspecified atom stereocenters. The summed E-state index contributed by atoms with van der Waals surface area (Å²) in [6.45, 7) is 7.08. The molecule has 98 valence electrons. The molecule has 0 radical (unpaired) electrons. The van der Waals surface area contributed by atoms with Crippen LogP contribution in [-0.2, 0) is 0 Å². The summed E-state index contributed by atoms with van der Waals surface area (Å²) in [6, 6.07) is 9.88. The maximum atomic E-state index is 3.71. The summed E-state index contributed by atoms with van der Waals surface area (Å²) < 4.78 is 1.22. The molecule has 18 heavy (non-hydrogen) atoms. The van der Waals surface area contributed by atoms with Crippen molar-refractivity contribution in [2.24, 2.45) is 5.41 Å². The van der Waals surface area contributed by atoms with Gasteiger partial charge in [0.05, 0.1) is 11.7 Å². The van der Waals surface area contributed by atoms with Crippen molar-refractivity contribution in [3.8, 4) is 0 Å². The van der Waals surface area contributed by atoms with E-state index in [-0.39, 0.29) is 0 Å². The molecule has 3 heteroatoms. The van der Waals surface area contributed by atoms with Gasteiger partial charge < -0.3 is 10.2 Å². The lowest BCUT2D eigenvalue weighted by Gasteiger charge is -2.45. The van der Waals surface area contributed by atoms with Crippen LogP contribution in [0, 0.1) is 5.41 Å². The summed E-state index contributed by atoms with van der Waals surface area (Å²) in [5.74, 6) is 0. The molecular weight excluding hydrogens is 288 g/mol. The average molecular weight is 309 g/mol. The van der Waals surface area contributed by atoms with Crippen LogP contribution in [0.5, 0.6) is 0 Å². The Morgan fingerprint density at radius 1 is 1.33 bits per heavy atom. The highest BCUT2D eigenvalue weighted by Crippen LogP contribution is 2.41. The molecule has 1 N–H and O–H groups in total. The van der Waals surface area contributed by atoms with Crippen LogP contribution in [0.25, 0.3) is 0 Å². The number of fused-ring (bicyclic) bond motifs is 1. The van der Waals surface area contributed by atoms with Gasteiger partial charge in [0.25, 0.3) is 0 Å². The van der Waals surface area contributed by atoms with Crippen LogP contribution in [0.1, 0.15) is 26.7 Å². The molecule has 2 nitrogen and oxygen atoms in total. The summed E-state index contributed by atoms with van der Waals surface area (Å²) in [6.07, 6.45) is 2.60. The van der Waals surface area contributed by atoms with E-state index in [1.165, 1.54) is 29.5 Å². The van der Waals surface area contributed by atoms with Crippen LogP contribution < -0.4 is 10.2 Å². The molecule has 3 rings (SSSR count). The zero-order valence-electron chi connectivity index (χ0n) is 11.1. The Kier molecular flexibility index (Phi) is 3.15. The van der Waals surface area contributed by atoms with E-state index in [4.69, 9.17) is 0 Å². The van der Waals surface area contributed by atoms with Gasteiger partial charge in [0, 0.05) is 23.6 Å². The minimum Gasteiger partial charge on any atom is -0.365 e. The van der Waals surface area contributed by atoms with Crippen LogP contribution >= 0.6 is 15.9 Å². The fourth-order valence-electron chi connectivity index (χ4n) is 3.63. The number of piperidine rings is 1. The third-order valence-corrected chi connectivity index (χ3v) is 5.08. The van der Waals surface area contributed by atoms with Gasteiger partial charge in [-0.3, -0.25) is 0 Å². The van der Waals surface area contributed by atoms with E-state index in [1.54, 1.807) is 0 Å². The number of nitrogens with one attached hydrogen (secondary N) is 1. The highest BCUT2D eigenvalue weighted by Gasteiger charge is 2.46. The fourth-order valence-corrected chi connectivity index (χ4v) is 4.14. The van der Waals surface area contributed by atoms with Gasteiger partial charge in [0.2, 0.25) is 0 Å². The largest absolute Gasteiger partial charge is 0.365 e. The minimum absolute atomic E-state index is 0.348. The molecule has 2 saturated heterocycles. The van der Waals surface area contributed by atoms with Crippen molar-refractivity contribution in [3.63, 3.8) is 0 Å². The predicted molar refractivity (Wildman–Crippen MR) is 80.1 cm³/mol. The molecule has 2 aliphatic rings. The normalized spacial score (nSPS) is 30.3. The van der Waals surface area contributed by atoms with Crippen LogP contribution in [0.15, 0.2) is 28.7 Å². The molecule has 0 aromatic heterocycles. The number of para-hydroxylation sites is 1. The Hall–Kier alpha value is -0.540. The van der Waals surface area contributed by atoms with Gasteiger partial charge >= 0.3 is 0 Å². The first kappa shape index (κ1) is 12.5. The molecule has 0 spiro atoms. The smallest absolute Gasteiger partial charge is 0.0513 e. The monoisotopic (exact) mass is 308 g/mol. The van der Waals surface area contributed by atoms with Crippen LogP contribution in [0.2, 0.25) is 0 Å². The lowest BCUT2D eigenvalue weighted by Crippen LogP contribution is -2.53. The highest BCUT2D eigenvalue weighted by atomic mass is 79.9. The average Bonchev–Trinajstić information content (AvgIpc) is 2.67. The summed E-state index contributed by atoms with van der Waals surface area (Å²) in [5, 5.41) is 3.71. The Morgan fingerprint density at radius 3 is 2.89 bits per heavy atom. The van der Waals surface area contributed by atoms with Crippen LogP contribution in [0.3, 0.4) is 0 Å². The van der Waals surface area contributed by atoms with E-state index in [0.29, 0.717) is 17.5 Å². The third-order valence-electron chi connectivity index (χ3n) is 4.41. The van der Waals surface area contributed by atoms with Gasteiger partial charge in [-0.15, -0.1) is 0 Å². The fraction of sp³-hybridized carbons (Fsp3) is 0.600. The standard InChI is InChI=1S/C15H21BrN2/c1-15(2)10-17-12-7-5-9-18(14(12)15)13-8-4-3-6-11(13)16/h3-4,6,8,12,14,17H,5,7,9-10H2,1-2H3. The number of nitrogens with zero attached hydrogens (tertiary/aromatic N) is 1. The first-order valence-corrected chi connectivity index (χ1v) is 7.63. The minimum atomic E-state index is 0.348. The first-order valence-electron chi connectivity index (χ1n) is 6.84. The molecule has 0 amide bonds. The Bertz CT molecular complexity index is 444. The van der Waals surface area contributed by atoms with Crippen molar-refractivity contribution < 1.29 is 0 Å². The van der Waals surface area contributed by atoms with Gasteiger partial charge in [-0.25, -0.2) is 0 Å². The molecule has 2 aliphatic heterocycles. The van der Waals surface area contributed by atoms with Gasteiger partial charge in [-0.1, -0.05) is 26.0 Å². The van der Waals surface area contributed by atoms with Gasteiger partial charge in [-0.05, 0) is 46.3 Å². The molecule has 0 bridgehead atoms. The number of benzene rings is 1. The third kappa shape index (κ3) is 1.97. The second kappa shape index (κ2) is 4.53. The van der Waals surface area contributed by atoms with Crippen LogP contribution in [0.4, 0.5) is 5.69 Å². The second-order valence-corrected chi connectivity index (χ2v) is 7.06. The number of hydrogen-bond donors (Lipinski definition) is 1. The summed E-state index contributed by atoms with van der Waals surface area (Å²) in [5.41, 5.74) is 1.70. The topological polar surface area (TPSA) is 15.3 Å². The Labute approximate surface area is 118 Å². The SMILES string of the molecule is CC1(C)CNC2CCCN(c3ccccc3Br)C21. The highest BCUT2D eigenvalue weighted by molar-refractivity contribution is 9.10. The summed E-state index contributed by atoms with van der Waals surface area (Å²) in [4.78, 5) is 2.61. The number of rotatable bonds is 1. The van der Waals surface area contributed by atoms with E-state index in [2.05, 4.69) is 64.3 Å². The summed E-state index contributed by atoms with van der Waals surface area (Å²) >= 11 is 3.70. The quantitative estimate of drug-likeness (QED) is 0.855. The van der Waals surface area contributed by atoms with Crippen molar-refractivity contribution in [3.05, 3.63) is 28.7 Å². The van der Waals surface area contributed by atoms with Crippen molar-refractivity contribution in [1.82, 2.24) is 5.32 Å². The van der Waals surface area contributed by atoms with Gasteiger partial charge in [-0.2, -0.15) is 0 Å². The molecule has 2 heterocycles. The molecule has 0 saturated carbocycles. The molecule has 1 aromatic rings. The maximum Gasteiger partial charge on any atom is 0.0513 e. The van der Waals surface area contributed by atoms with E-state index in [9.17, 15) is 0 Å². The molecular formula is C15H21BrN2. The van der Waals surface area contributed by atoms with E-state index < -0.39 is 0 Å². The zero-order chi connectivity index (χ0) is 12.8. The first-order chi connectivity index (χ1) is 8.59. The lowest BCUT2D eigenvalue weighted by molar-refractivity contribution is 0.291. The number of anilines is 1. The van der Waals surface area contributed by atoms with E-state index in [1.807, 2.05) is 0 Å². The zero-order valence-corrected chi connectivity index (χ0v) is 12.7. The number of halogens is 1. The van der Waals surface area contributed by atoms with Gasteiger partial charge in [0.1, 0.15) is 0 Å². The number of hydrogen-bond acceptors (Lipinski definition) is 2. The molecule has 0 aliphatic carbocycles. The van der Waals surface area contributed by atoms with Crippen molar-refractivity contribution in [1.29, 1.82) is 0 Å². The van der Waals surface area contributed by atoms with Gasteiger partial charge in [0.15, 0.2) is 0 Å². The lowest BCUT2D eigenvalue weighted by atomic mass is 9.80. The molecule has 2 fully saturated rings. The Morgan fingerprint density at radius 2 is 2.11 bits per heavy atom. The van der Waals surface area contributed by atoms with Crippen molar-refractivity contribution in [2.75, 3.05) is 18.0 Å². The maximum absolute atomic E-state index is 3.71. The van der Waals surface area contributed by atoms with E-state index in [0.717, 1.165) is 6.54 Å². The summed E-state index contributed by atoms with van der Waals surface area (Å²) in [7, 11) is 0. The van der Waals surface area contributed by atoms with Crippen molar-refractivity contribution >= 4 is 21.6 Å². The van der Waals surface area contributed by atoms with E-state index >= 15 is 0 Å².